The predicted molar refractivity (Wildman–Crippen MR) is 82.8 cm³/mol. The maximum Gasteiger partial charge on any atom is 0.338 e. The van der Waals surface area contributed by atoms with Gasteiger partial charge in [-0.2, -0.15) is 0 Å². The van der Waals surface area contributed by atoms with Crippen molar-refractivity contribution in [3.05, 3.63) is 50.3 Å². The van der Waals surface area contributed by atoms with Crippen molar-refractivity contribution in [2.75, 3.05) is 5.32 Å². The molecule has 0 aliphatic carbocycles. The molecule has 1 aromatic heterocycles. The first-order valence-electron chi connectivity index (χ1n) is 5.79. The zero-order valence-corrected chi connectivity index (χ0v) is 13.3. The number of hydrogen-bond acceptors (Lipinski definition) is 3. The average molecular weight is 354 g/mol. The Morgan fingerprint density at radius 2 is 1.90 bits per heavy atom. The lowest BCUT2D eigenvalue weighted by Gasteiger charge is -2.07. The van der Waals surface area contributed by atoms with Crippen LogP contribution in [0.5, 0.6) is 0 Å². The number of aryl methyl sites for hydroxylation is 2. The second-order valence-corrected chi connectivity index (χ2v) is 6.49. The summed E-state index contributed by atoms with van der Waals surface area (Å²) in [5, 5.41) is 12.1. The summed E-state index contributed by atoms with van der Waals surface area (Å²) in [4.78, 5) is 24.2. The fourth-order valence-electron chi connectivity index (χ4n) is 1.82. The molecule has 0 spiro atoms. The first-order chi connectivity index (χ1) is 9.38. The Hall–Kier alpha value is -1.66. The zero-order valence-electron chi connectivity index (χ0n) is 10.9. The molecule has 104 valence electrons. The van der Waals surface area contributed by atoms with Gasteiger partial charge in [0.15, 0.2) is 0 Å². The molecule has 0 aliphatic heterocycles. The molecule has 2 N–H and O–H groups in total. The Labute approximate surface area is 128 Å². The number of halogens is 1. The number of hydrogen-bond donors (Lipinski definition) is 2. The number of carbonyl (C=O) groups excluding carboxylic acids is 1. The highest BCUT2D eigenvalue weighted by Crippen LogP contribution is 2.28. The van der Waals surface area contributed by atoms with E-state index in [1.165, 1.54) is 11.3 Å². The molecule has 0 fully saturated rings. The Kier molecular flexibility index (Phi) is 4.25. The van der Waals surface area contributed by atoms with E-state index in [1.54, 1.807) is 25.1 Å². The van der Waals surface area contributed by atoms with Gasteiger partial charge in [0.25, 0.3) is 5.91 Å². The Bertz CT molecular complexity index is 694. The minimum Gasteiger partial charge on any atom is -0.478 e. The molecule has 0 radical (unpaired) electrons. The largest absolute Gasteiger partial charge is 0.478 e. The number of aromatic carboxylic acids is 1. The van der Waals surface area contributed by atoms with Crippen LogP contribution in [0.2, 0.25) is 0 Å². The maximum absolute atomic E-state index is 12.2. The number of carbonyl (C=O) groups is 2. The number of rotatable bonds is 3. The summed E-state index contributed by atoms with van der Waals surface area (Å²) in [5.74, 6) is -1.35. The molecule has 20 heavy (non-hydrogen) atoms. The van der Waals surface area contributed by atoms with Gasteiger partial charge in [-0.25, -0.2) is 4.79 Å². The van der Waals surface area contributed by atoms with E-state index in [2.05, 4.69) is 21.2 Å². The molecule has 2 rings (SSSR count). The number of nitrogens with one attached hydrogen (secondary N) is 1. The van der Waals surface area contributed by atoms with E-state index in [9.17, 15) is 9.59 Å². The van der Waals surface area contributed by atoms with Crippen LogP contribution in [0.1, 0.15) is 31.2 Å². The van der Waals surface area contributed by atoms with E-state index in [1.807, 2.05) is 13.0 Å². The second-order valence-electron chi connectivity index (χ2n) is 4.32. The molecule has 4 nitrogen and oxygen atoms in total. The predicted octanol–water partition coefficient (Wildman–Crippen LogP) is 4.08. The summed E-state index contributed by atoms with van der Waals surface area (Å²) < 4.78 is 0.893. The van der Waals surface area contributed by atoms with Crippen LogP contribution in [-0.2, 0) is 0 Å². The van der Waals surface area contributed by atoms with Crippen molar-refractivity contribution in [1.29, 1.82) is 0 Å². The van der Waals surface area contributed by atoms with E-state index < -0.39 is 5.97 Å². The van der Waals surface area contributed by atoms with Crippen LogP contribution in [-0.4, -0.2) is 17.0 Å². The lowest BCUT2D eigenvalue weighted by molar-refractivity contribution is 0.0698. The minimum atomic E-state index is -1.04. The SMILES string of the molecule is Cc1cc(C(=O)O)c(NC(=O)c2ccc(Br)cc2C)s1. The Morgan fingerprint density at radius 3 is 2.50 bits per heavy atom. The Balaban J connectivity index is 2.30. The third-order valence-electron chi connectivity index (χ3n) is 2.75. The highest BCUT2D eigenvalue weighted by molar-refractivity contribution is 9.10. The molecule has 0 aliphatic rings. The molecule has 0 saturated heterocycles. The van der Waals surface area contributed by atoms with Gasteiger partial charge in [-0.3, -0.25) is 4.79 Å². The van der Waals surface area contributed by atoms with Gasteiger partial charge in [-0.15, -0.1) is 11.3 Å². The first kappa shape index (κ1) is 14.7. The van der Waals surface area contributed by atoms with Gasteiger partial charge in [-0.05, 0) is 43.7 Å². The monoisotopic (exact) mass is 353 g/mol. The first-order valence-corrected chi connectivity index (χ1v) is 7.40. The standard InChI is InChI=1S/C14H12BrNO3S/c1-7-5-9(15)3-4-10(7)12(17)16-13-11(14(18)19)6-8(2)20-13/h3-6H,1-2H3,(H,16,17)(H,18,19). The molecule has 1 heterocycles. The van der Waals surface area contributed by atoms with Crippen molar-refractivity contribution in [2.45, 2.75) is 13.8 Å². The van der Waals surface area contributed by atoms with Crippen molar-refractivity contribution < 1.29 is 14.7 Å². The molecule has 2 aromatic rings. The average Bonchev–Trinajstić information content (AvgIpc) is 2.70. The van der Waals surface area contributed by atoms with Gasteiger partial charge < -0.3 is 10.4 Å². The fraction of sp³-hybridized carbons (Fsp3) is 0.143. The summed E-state index contributed by atoms with van der Waals surface area (Å²) in [7, 11) is 0. The van der Waals surface area contributed by atoms with Crippen LogP contribution >= 0.6 is 27.3 Å². The number of carboxylic acids is 1. The molecule has 0 saturated carbocycles. The summed E-state index contributed by atoms with van der Waals surface area (Å²) in [6, 6.07) is 6.87. The topological polar surface area (TPSA) is 66.4 Å². The van der Waals surface area contributed by atoms with Crippen LogP contribution in [0.3, 0.4) is 0 Å². The van der Waals surface area contributed by atoms with Crippen molar-refractivity contribution in [3.8, 4) is 0 Å². The lowest BCUT2D eigenvalue weighted by atomic mass is 10.1. The molecular weight excluding hydrogens is 342 g/mol. The van der Waals surface area contributed by atoms with Gasteiger partial charge in [0.2, 0.25) is 0 Å². The molecule has 0 bridgehead atoms. The fourth-order valence-corrected chi connectivity index (χ4v) is 3.19. The van der Waals surface area contributed by atoms with Gasteiger partial charge >= 0.3 is 5.97 Å². The summed E-state index contributed by atoms with van der Waals surface area (Å²) >= 11 is 4.59. The summed E-state index contributed by atoms with van der Waals surface area (Å²) in [6.07, 6.45) is 0. The number of amides is 1. The van der Waals surface area contributed by atoms with Crippen molar-refractivity contribution in [3.63, 3.8) is 0 Å². The van der Waals surface area contributed by atoms with Crippen molar-refractivity contribution in [1.82, 2.24) is 0 Å². The molecule has 0 unspecified atom stereocenters. The zero-order chi connectivity index (χ0) is 14.9. The summed E-state index contributed by atoms with van der Waals surface area (Å²) in [6.45, 7) is 3.63. The Morgan fingerprint density at radius 1 is 1.20 bits per heavy atom. The van der Waals surface area contributed by atoms with Gasteiger partial charge in [-0.1, -0.05) is 15.9 Å². The minimum absolute atomic E-state index is 0.121. The smallest absolute Gasteiger partial charge is 0.338 e. The molecule has 6 heteroatoms. The lowest BCUT2D eigenvalue weighted by Crippen LogP contribution is -2.14. The highest BCUT2D eigenvalue weighted by atomic mass is 79.9. The third kappa shape index (κ3) is 3.08. The van der Waals surface area contributed by atoms with E-state index in [4.69, 9.17) is 5.11 Å². The van der Waals surface area contributed by atoms with Gasteiger partial charge in [0.1, 0.15) is 5.00 Å². The number of thiophene rings is 1. The quantitative estimate of drug-likeness (QED) is 0.873. The van der Waals surface area contributed by atoms with Crippen LogP contribution in [0.25, 0.3) is 0 Å². The normalized spacial score (nSPS) is 10.3. The maximum atomic E-state index is 12.2. The number of benzene rings is 1. The van der Waals surface area contributed by atoms with Crippen LogP contribution in [0.4, 0.5) is 5.00 Å². The highest BCUT2D eigenvalue weighted by Gasteiger charge is 2.17. The second kappa shape index (κ2) is 5.76. The van der Waals surface area contributed by atoms with E-state index >= 15 is 0 Å². The molecular formula is C14H12BrNO3S. The van der Waals surface area contributed by atoms with E-state index in [0.717, 1.165) is 14.9 Å². The third-order valence-corrected chi connectivity index (χ3v) is 4.21. The number of anilines is 1. The van der Waals surface area contributed by atoms with E-state index in [0.29, 0.717) is 10.6 Å². The van der Waals surface area contributed by atoms with Crippen LogP contribution in [0, 0.1) is 13.8 Å². The molecule has 0 atom stereocenters. The van der Waals surface area contributed by atoms with Crippen LogP contribution in [0.15, 0.2) is 28.7 Å². The number of carboxylic acid groups (broad SMARTS) is 1. The summed E-state index contributed by atoms with van der Waals surface area (Å²) in [5.41, 5.74) is 1.47. The van der Waals surface area contributed by atoms with Gasteiger partial charge in [0, 0.05) is 14.9 Å². The van der Waals surface area contributed by atoms with Crippen LogP contribution < -0.4 is 5.32 Å². The van der Waals surface area contributed by atoms with E-state index in [-0.39, 0.29) is 11.5 Å². The van der Waals surface area contributed by atoms with Crippen molar-refractivity contribution in [2.24, 2.45) is 0 Å². The molecule has 1 aromatic carbocycles. The van der Waals surface area contributed by atoms with Crippen molar-refractivity contribution >= 4 is 44.1 Å². The molecule has 1 amide bonds. The van der Waals surface area contributed by atoms with Gasteiger partial charge in [0.05, 0.1) is 5.56 Å².